The normalized spacial score (nSPS) is 12.8. The molecule has 0 aromatic heterocycles. The van der Waals surface area contributed by atoms with E-state index in [0.717, 1.165) is 12.8 Å². The number of esters is 1. The molecule has 9 nitrogen and oxygen atoms in total. The van der Waals surface area contributed by atoms with Crippen LogP contribution in [0.5, 0.6) is 0 Å². The van der Waals surface area contributed by atoms with Gasteiger partial charge in [0.15, 0.2) is 0 Å². The van der Waals surface area contributed by atoms with Crippen LogP contribution < -0.4 is 10.6 Å². The van der Waals surface area contributed by atoms with Crippen molar-refractivity contribution in [1.82, 2.24) is 15.5 Å². The van der Waals surface area contributed by atoms with E-state index in [-0.39, 0.29) is 18.8 Å². The Labute approximate surface area is 207 Å². The van der Waals surface area contributed by atoms with E-state index in [1.807, 2.05) is 6.92 Å². The lowest BCUT2D eigenvalue weighted by Crippen LogP contribution is -2.54. The minimum absolute atomic E-state index is 0.00758. The van der Waals surface area contributed by atoms with E-state index in [1.165, 1.54) is 12.0 Å². The second-order valence-electron chi connectivity index (χ2n) is 8.73. The number of nitrogens with zero attached hydrogens (tertiary/aromatic N) is 1. The average Bonchev–Trinajstić information content (AvgIpc) is 2.79. The van der Waals surface area contributed by atoms with Crippen LogP contribution in [0.4, 0.5) is 4.79 Å². The molecular formula is C24H37N3O6S. The minimum Gasteiger partial charge on any atom is -0.468 e. The third kappa shape index (κ3) is 10.0. The first-order valence-electron chi connectivity index (χ1n) is 11.3. The molecular weight excluding hydrogens is 458 g/mol. The summed E-state index contributed by atoms with van der Waals surface area (Å²) in [5.41, 5.74) is -0.167. The number of nitrogens with one attached hydrogen (secondary N) is 2. The number of amides is 3. The Bertz CT molecular complexity index is 813. The van der Waals surface area contributed by atoms with Gasteiger partial charge < -0.3 is 25.0 Å². The Balaban J connectivity index is 3.29. The van der Waals surface area contributed by atoms with E-state index < -0.39 is 41.6 Å². The predicted molar refractivity (Wildman–Crippen MR) is 132 cm³/mol. The van der Waals surface area contributed by atoms with Crippen molar-refractivity contribution in [3.05, 3.63) is 35.9 Å². The van der Waals surface area contributed by atoms with E-state index in [4.69, 9.17) is 4.74 Å². The van der Waals surface area contributed by atoms with Crippen LogP contribution in [0.1, 0.15) is 58.6 Å². The second-order valence-corrected chi connectivity index (χ2v) is 9.09. The summed E-state index contributed by atoms with van der Waals surface area (Å²) in [5, 5.41) is 5.11. The number of benzene rings is 1. The molecule has 0 aliphatic heterocycles. The zero-order chi connectivity index (χ0) is 25.7. The molecule has 2 atom stereocenters. The molecule has 0 heterocycles. The van der Waals surface area contributed by atoms with Crippen molar-refractivity contribution >= 4 is 36.5 Å². The van der Waals surface area contributed by atoms with Crippen LogP contribution in [0.3, 0.4) is 0 Å². The number of methoxy groups -OCH3 is 1. The van der Waals surface area contributed by atoms with Gasteiger partial charge in [0, 0.05) is 12.3 Å². The fourth-order valence-electron chi connectivity index (χ4n) is 3.17. The Kier molecular flexibility index (Phi) is 12.5. The largest absolute Gasteiger partial charge is 0.468 e. The lowest BCUT2D eigenvalue weighted by atomic mass is 10.0. The monoisotopic (exact) mass is 495 g/mol. The average molecular weight is 496 g/mol. The number of hydrogen-bond acceptors (Lipinski definition) is 7. The fourth-order valence-corrected chi connectivity index (χ4v) is 3.42. The van der Waals surface area contributed by atoms with Crippen molar-refractivity contribution in [1.29, 1.82) is 0 Å². The van der Waals surface area contributed by atoms with Gasteiger partial charge in [0.25, 0.3) is 0 Å². The van der Waals surface area contributed by atoms with E-state index in [1.54, 1.807) is 51.1 Å². The predicted octanol–water partition coefficient (Wildman–Crippen LogP) is 2.86. The van der Waals surface area contributed by atoms with Crippen molar-refractivity contribution in [2.45, 2.75) is 64.6 Å². The van der Waals surface area contributed by atoms with Gasteiger partial charge in [0.2, 0.25) is 11.8 Å². The van der Waals surface area contributed by atoms with Crippen molar-refractivity contribution in [2.24, 2.45) is 0 Å². The number of carbonyl (C=O) groups is 4. The minimum atomic E-state index is -1.02. The molecule has 0 bridgehead atoms. The maximum absolute atomic E-state index is 13.6. The summed E-state index contributed by atoms with van der Waals surface area (Å²) < 4.78 is 9.89. The van der Waals surface area contributed by atoms with Crippen LogP contribution in [0, 0.1) is 0 Å². The molecule has 0 aliphatic rings. The van der Waals surface area contributed by atoms with Gasteiger partial charge in [-0.25, -0.2) is 4.79 Å². The smallest absolute Gasteiger partial charge is 0.408 e. The summed E-state index contributed by atoms with van der Waals surface area (Å²) in [5.74, 6) is -1.60. The maximum atomic E-state index is 13.6. The zero-order valence-electron chi connectivity index (χ0n) is 20.6. The summed E-state index contributed by atoms with van der Waals surface area (Å²) in [4.78, 5) is 52.2. The summed E-state index contributed by atoms with van der Waals surface area (Å²) in [6.07, 6.45) is 1.67. The van der Waals surface area contributed by atoms with Crippen LogP contribution in [-0.2, 0) is 23.9 Å². The first-order valence-corrected chi connectivity index (χ1v) is 12.0. The molecule has 1 rings (SSSR count). The number of unbranched alkanes of at least 4 members (excludes halogenated alkanes) is 2. The van der Waals surface area contributed by atoms with Crippen LogP contribution in [-0.4, -0.2) is 66.4 Å². The Morgan fingerprint density at radius 3 is 2.26 bits per heavy atom. The number of thiol groups is 1. The van der Waals surface area contributed by atoms with Gasteiger partial charge in [-0.3, -0.25) is 14.4 Å². The summed E-state index contributed by atoms with van der Waals surface area (Å²) in [7, 11) is 1.23. The SMILES string of the molecule is CCCCCN(C(=O)C(CS)NC(=O)OC(C)(C)C)C(C(=O)NCC(=O)OC)c1ccccc1. The summed E-state index contributed by atoms with van der Waals surface area (Å²) >= 11 is 4.25. The molecule has 1 aromatic carbocycles. The molecule has 0 saturated heterocycles. The van der Waals surface area contributed by atoms with Gasteiger partial charge in [0.05, 0.1) is 7.11 Å². The number of carbonyl (C=O) groups excluding carboxylic acids is 4. The van der Waals surface area contributed by atoms with Gasteiger partial charge in [-0.2, -0.15) is 12.6 Å². The molecule has 2 unspecified atom stereocenters. The molecule has 3 amide bonds. The van der Waals surface area contributed by atoms with Crippen LogP contribution in [0.15, 0.2) is 30.3 Å². The highest BCUT2D eigenvalue weighted by atomic mass is 32.1. The molecule has 0 saturated carbocycles. The highest BCUT2D eigenvalue weighted by Crippen LogP contribution is 2.23. The molecule has 34 heavy (non-hydrogen) atoms. The highest BCUT2D eigenvalue weighted by Gasteiger charge is 2.35. The molecule has 10 heteroatoms. The molecule has 0 radical (unpaired) electrons. The maximum Gasteiger partial charge on any atom is 0.408 e. The quantitative estimate of drug-likeness (QED) is 0.233. The summed E-state index contributed by atoms with van der Waals surface area (Å²) in [6, 6.07) is 6.77. The van der Waals surface area contributed by atoms with E-state index >= 15 is 0 Å². The van der Waals surface area contributed by atoms with Gasteiger partial charge in [-0.15, -0.1) is 0 Å². The molecule has 0 spiro atoms. The van der Waals surface area contributed by atoms with Crippen LogP contribution >= 0.6 is 12.6 Å². The van der Waals surface area contributed by atoms with E-state index in [2.05, 4.69) is 28.0 Å². The first-order chi connectivity index (χ1) is 16.0. The Hall–Kier alpha value is -2.75. The molecule has 190 valence electrons. The van der Waals surface area contributed by atoms with Crippen molar-refractivity contribution in [3.8, 4) is 0 Å². The molecule has 2 N–H and O–H groups in total. The number of alkyl carbamates (subject to hydrolysis) is 1. The third-order valence-electron chi connectivity index (χ3n) is 4.77. The Morgan fingerprint density at radius 2 is 1.74 bits per heavy atom. The van der Waals surface area contributed by atoms with Crippen molar-refractivity contribution in [2.75, 3.05) is 26.0 Å². The first kappa shape index (κ1) is 29.3. The van der Waals surface area contributed by atoms with E-state index in [9.17, 15) is 19.2 Å². The Morgan fingerprint density at radius 1 is 1.09 bits per heavy atom. The van der Waals surface area contributed by atoms with Crippen molar-refractivity contribution in [3.63, 3.8) is 0 Å². The third-order valence-corrected chi connectivity index (χ3v) is 5.13. The standard InChI is InChI=1S/C24H37N3O6S/c1-6-7-11-14-27(22(30)18(16-34)26-23(31)33-24(2,3)4)20(17-12-9-8-10-13-17)21(29)25-15-19(28)32-5/h8-10,12-13,18,20,34H,6-7,11,14-16H2,1-5H3,(H,25,29)(H,26,31). The van der Waals surface area contributed by atoms with Crippen molar-refractivity contribution < 1.29 is 28.7 Å². The topological polar surface area (TPSA) is 114 Å². The number of rotatable bonds is 12. The van der Waals surface area contributed by atoms with Crippen LogP contribution in [0.2, 0.25) is 0 Å². The molecule has 0 aliphatic carbocycles. The van der Waals surface area contributed by atoms with Gasteiger partial charge >= 0.3 is 12.1 Å². The molecule has 0 fully saturated rings. The lowest BCUT2D eigenvalue weighted by Gasteiger charge is -2.34. The number of hydrogen-bond donors (Lipinski definition) is 3. The lowest BCUT2D eigenvalue weighted by molar-refractivity contribution is -0.144. The van der Waals surface area contributed by atoms with Gasteiger partial charge in [-0.05, 0) is 32.8 Å². The van der Waals surface area contributed by atoms with Gasteiger partial charge in [0.1, 0.15) is 24.2 Å². The van der Waals surface area contributed by atoms with Crippen LogP contribution in [0.25, 0.3) is 0 Å². The van der Waals surface area contributed by atoms with Gasteiger partial charge in [-0.1, -0.05) is 50.1 Å². The molecule has 1 aromatic rings. The summed E-state index contributed by atoms with van der Waals surface area (Å²) in [6.45, 7) is 7.14. The highest BCUT2D eigenvalue weighted by molar-refractivity contribution is 7.80. The fraction of sp³-hybridized carbons (Fsp3) is 0.583. The second kappa shape index (κ2) is 14.5. The van der Waals surface area contributed by atoms with E-state index in [0.29, 0.717) is 12.0 Å². The zero-order valence-corrected chi connectivity index (χ0v) is 21.5. The number of ether oxygens (including phenoxy) is 2.